The fourth-order valence-electron chi connectivity index (χ4n) is 3.36. The van der Waals surface area contributed by atoms with Crippen molar-refractivity contribution in [3.05, 3.63) is 71.3 Å². The van der Waals surface area contributed by atoms with Gasteiger partial charge in [0.05, 0.1) is 46.8 Å². The van der Waals surface area contributed by atoms with Gasteiger partial charge in [0, 0.05) is 5.56 Å². The number of rotatable bonds is 12. The Bertz CT molecular complexity index is 1260. The number of benzene rings is 3. The minimum absolute atomic E-state index is 0.238. The zero-order chi connectivity index (χ0) is 27.5. The zero-order valence-corrected chi connectivity index (χ0v) is 21.9. The summed E-state index contributed by atoms with van der Waals surface area (Å²) in [5.74, 6) is 1.29. The second-order valence-corrected chi connectivity index (χ2v) is 7.79. The van der Waals surface area contributed by atoms with Gasteiger partial charge in [0.1, 0.15) is 5.75 Å². The Hall–Kier alpha value is -4.73. The average Bonchev–Trinajstić information content (AvgIpc) is 2.95. The third-order valence-corrected chi connectivity index (χ3v) is 5.26. The molecule has 0 atom stereocenters. The standard InChI is InChI=1S/C28H30N2O8/c1-6-13-37-21-10-8-19(9-11-21)28(32)38-22-12-7-18(14-23(22)33-2)17-29-30-27(31)20-15-24(34-3)26(36-5)25(16-20)35-4/h7-12,14-17H,6,13H2,1-5H3,(H,30,31)/b29-17+. The number of nitrogens with one attached hydrogen (secondary N) is 1. The number of nitrogens with zero attached hydrogens (tertiary/aromatic N) is 1. The van der Waals surface area contributed by atoms with Crippen LogP contribution in [-0.4, -0.2) is 53.1 Å². The van der Waals surface area contributed by atoms with E-state index < -0.39 is 11.9 Å². The second-order valence-electron chi connectivity index (χ2n) is 7.79. The normalized spacial score (nSPS) is 10.6. The molecular formula is C28H30N2O8. The minimum atomic E-state index is -0.538. The lowest BCUT2D eigenvalue weighted by atomic mass is 10.1. The summed E-state index contributed by atoms with van der Waals surface area (Å²) in [4.78, 5) is 25.2. The quantitative estimate of drug-likeness (QED) is 0.160. The topological polar surface area (TPSA) is 114 Å². The molecule has 0 bridgehead atoms. The number of carbonyl (C=O) groups is 2. The van der Waals surface area contributed by atoms with E-state index in [1.165, 1.54) is 46.8 Å². The van der Waals surface area contributed by atoms with E-state index >= 15 is 0 Å². The van der Waals surface area contributed by atoms with Crippen molar-refractivity contribution in [3.8, 4) is 34.5 Å². The molecule has 1 amide bonds. The third kappa shape index (κ3) is 6.94. The molecule has 0 unspecified atom stereocenters. The minimum Gasteiger partial charge on any atom is -0.494 e. The largest absolute Gasteiger partial charge is 0.494 e. The van der Waals surface area contributed by atoms with Crippen molar-refractivity contribution in [2.24, 2.45) is 5.10 Å². The monoisotopic (exact) mass is 522 g/mol. The van der Waals surface area contributed by atoms with Crippen LogP contribution in [0.1, 0.15) is 39.6 Å². The van der Waals surface area contributed by atoms with Crippen LogP contribution >= 0.6 is 0 Å². The lowest BCUT2D eigenvalue weighted by Gasteiger charge is -2.13. The third-order valence-electron chi connectivity index (χ3n) is 5.26. The summed E-state index contributed by atoms with van der Waals surface area (Å²) in [6.45, 7) is 2.62. The molecule has 38 heavy (non-hydrogen) atoms. The van der Waals surface area contributed by atoms with Crippen LogP contribution in [0.4, 0.5) is 0 Å². The van der Waals surface area contributed by atoms with Crippen molar-refractivity contribution in [1.29, 1.82) is 0 Å². The molecular weight excluding hydrogens is 492 g/mol. The highest BCUT2D eigenvalue weighted by molar-refractivity contribution is 5.96. The molecule has 0 saturated heterocycles. The molecule has 1 N–H and O–H groups in total. The van der Waals surface area contributed by atoms with Crippen molar-refractivity contribution in [2.75, 3.05) is 35.0 Å². The van der Waals surface area contributed by atoms with Gasteiger partial charge in [-0.3, -0.25) is 4.79 Å². The van der Waals surface area contributed by atoms with Crippen LogP contribution in [0.3, 0.4) is 0 Å². The van der Waals surface area contributed by atoms with Gasteiger partial charge in [0.2, 0.25) is 5.75 Å². The lowest BCUT2D eigenvalue weighted by Crippen LogP contribution is -2.18. The van der Waals surface area contributed by atoms with Gasteiger partial charge < -0.3 is 28.4 Å². The molecule has 0 radical (unpaired) electrons. The van der Waals surface area contributed by atoms with E-state index in [2.05, 4.69) is 10.5 Å². The molecule has 3 rings (SSSR count). The highest BCUT2D eigenvalue weighted by Crippen LogP contribution is 2.38. The Balaban J connectivity index is 1.67. The fourth-order valence-corrected chi connectivity index (χ4v) is 3.36. The van der Waals surface area contributed by atoms with Crippen LogP contribution in [0, 0.1) is 0 Å². The van der Waals surface area contributed by atoms with Gasteiger partial charge in [0.15, 0.2) is 23.0 Å². The molecule has 10 nitrogen and oxygen atoms in total. The molecule has 0 aliphatic heterocycles. The van der Waals surface area contributed by atoms with Crippen LogP contribution < -0.4 is 33.8 Å². The summed E-state index contributed by atoms with van der Waals surface area (Å²) >= 11 is 0. The number of carbonyl (C=O) groups excluding carboxylic acids is 2. The summed E-state index contributed by atoms with van der Waals surface area (Å²) < 4.78 is 32.2. The molecule has 10 heteroatoms. The molecule has 0 saturated carbocycles. The van der Waals surface area contributed by atoms with Crippen LogP contribution in [0.5, 0.6) is 34.5 Å². The van der Waals surface area contributed by atoms with Gasteiger partial charge in [0.25, 0.3) is 5.91 Å². The zero-order valence-electron chi connectivity index (χ0n) is 21.9. The Morgan fingerprint density at radius 2 is 1.45 bits per heavy atom. The molecule has 0 aromatic heterocycles. The lowest BCUT2D eigenvalue weighted by molar-refractivity contribution is 0.0729. The van der Waals surface area contributed by atoms with Crippen molar-refractivity contribution in [3.63, 3.8) is 0 Å². The van der Waals surface area contributed by atoms with Crippen LogP contribution in [0.25, 0.3) is 0 Å². The molecule has 0 fully saturated rings. The van der Waals surface area contributed by atoms with E-state index in [4.69, 9.17) is 28.4 Å². The maximum absolute atomic E-state index is 12.6. The van der Waals surface area contributed by atoms with Crippen molar-refractivity contribution >= 4 is 18.1 Å². The maximum Gasteiger partial charge on any atom is 0.343 e. The number of ether oxygens (including phenoxy) is 6. The first kappa shape index (κ1) is 27.9. The van der Waals surface area contributed by atoms with E-state index in [0.29, 0.717) is 46.5 Å². The number of hydrogen-bond donors (Lipinski definition) is 1. The first-order valence-corrected chi connectivity index (χ1v) is 11.7. The van der Waals surface area contributed by atoms with E-state index in [1.807, 2.05) is 6.92 Å². The Kier molecular flexibility index (Phi) is 9.93. The van der Waals surface area contributed by atoms with Gasteiger partial charge in [-0.2, -0.15) is 5.10 Å². The smallest absolute Gasteiger partial charge is 0.343 e. The number of hydrazone groups is 1. The average molecular weight is 523 g/mol. The van der Waals surface area contributed by atoms with Crippen molar-refractivity contribution in [1.82, 2.24) is 5.43 Å². The number of esters is 1. The molecule has 0 heterocycles. The van der Waals surface area contributed by atoms with Gasteiger partial charge in [-0.1, -0.05) is 6.92 Å². The Morgan fingerprint density at radius 3 is 2.03 bits per heavy atom. The Labute approximate surface area is 221 Å². The molecule has 200 valence electrons. The van der Waals surface area contributed by atoms with Crippen LogP contribution in [0.15, 0.2) is 59.7 Å². The SMILES string of the molecule is CCCOc1ccc(C(=O)Oc2ccc(/C=N/NC(=O)c3cc(OC)c(OC)c(OC)c3)cc2OC)cc1. The van der Waals surface area contributed by atoms with Crippen LogP contribution in [-0.2, 0) is 0 Å². The van der Waals surface area contributed by atoms with Crippen molar-refractivity contribution in [2.45, 2.75) is 13.3 Å². The highest BCUT2D eigenvalue weighted by atomic mass is 16.6. The van der Waals surface area contributed by atoms with E-state index in [9.17, 15) is 9.59 Å². The van der Waals surface area contributed by atoms with Gasteiger partial charge in [-0.05, 0) is 66.6 Å². The maximum atomic E-state index is 12.6. The number of amides is 1. The summed E-state index contributed by atoms with van der Waals surface area (Å²) in [5.41, 5.74) is 3.69. The molecule has 0 spiro atoms. The second kappa shape index (κ2) is 13.5. The Morgan fingerprint density at radius 1 is 0.789 bits per heavy atom. The van der Waals surface area contributed by atoms with E-state index in [1.54, 1.807) is 42.5 Å². The van der Waals surface area contributed by atoms with E-state index in [-0.39, 0.29) is 11.3 Å². The molecule has 0 aliphatic rings. The number of methoxy groups -OCH3 is 4. The van der Waals surface area contributed by atoms with E-state index in [0.717, 1.165) is 6.42 Å². The molecule has 3 aromatic carbocycles. The summed E-state index contributed by atoms with van der Waals surface area (Å²) in [6, 6.07) is 14.6. The number of hydrogen-bond acceptors (Lipinski definition) is 9. The first-order valence-electron chi connectivity index (χ1n) is 11.7. The summed E-state index contributed by atoms with van der Waals surface area (Å²) in [6.07, 6.45) is 2.32. The molecule has 3 aromatic rings. The summed E-state index contributed by atoms with van der Waals surface area (Å²) in [7, 11) is 5.86. The van der Waals surface area contributed by atoms with Crippen molar-refractivity contribution < 1.29 is 38.0 Å². The predicted octanol–water partition coefficient (Wildman–Crippen LogP) is 4.49. The van der Waals surface area contributed by atoms with Gasteiger partial charge in [-0.15, -0.1) is 0 Å². The fraction of sp³-hybridized carbons (Fsp3) is 0.250. The first-order chi connectivity index (χ1) is 18.4. The highest BCUT2D eigenvalue weighted by Gasteiger charge is 2.17. The predicted molar refractivity (Wildman–Crippen MR) is 141 cm³/mol. The van der Waals surface area contributed by atoms with Gasteiger partial charge in [-0.25, -0.2) is 10.2 Å². The van der Waals surface area contributed by atoms with Crippen LogP contribution in [0.2, 0.25) is 0 Å². The molecule has 0 aliphatic carbocycles. The summed E-state index contributed by atoms with van der Waals surface area (Å²) in [5, 5.41) is 4.00. The van der Waals surface area contributed by atoms with Gasteiger partial charge >= 0.3 is 5.97 Å².